The largest absolute Gasteiger partial charge is 0.497 e. The molecular weight excluding hydrogens is 480 g/mol. The van der Waals surface area contributed by atoms with Crippen LogP contribution in [0.25, 0.3) is 16.9 Å². The van der Waals surface area contributed by atoms with Crippen molar-refractivity contribution < 1.29 is 19.1 Å². The molecule has 0 atom stereocenters. The number of rotatable bonds is 10. The molecule has 0 unspecified atom stereocenters. The maximum Gasteiger partial charge on any atom is 0.254 e. The zero-order valence-electron chi connectivity index (χ0n) is 21.7. The van der Waals surface area contributed by atoms with Crippen molar-refractivity contribution in [3.63, 3.8) is 0 Å². The third-order valence-electron chi connectivity index (χ3n) is 5.94. The first-order valence-corrected chi connectivity index (χ1v) is 12.1. The molecule has 8 nitrogen and oxygen atoms in total. The summed E-state index contributed by atoms with van der Waals surface area (Å²) in [6.45, 7) is 5.77. The van der Waals surface area contributed by atoms with Gasteiger partial charge in [-0.15, -0.1) is 6.58 Å². The van der Waals surface area contributed by atoms with E-state index in [2.05, 4.69) is 11.9 Å². The van der Waals surface area contributed by atoms with E-state index in [1.165, 1.54) is 12.0 Å². The number of nitrogens with one attached hydrogen (secondary N) is 1. The molecule has 0 radical (unpaired) electrons. The Balaban J connectivity index is 1.61. The summed E-state index contributed by atoms with van der Waals surface area (Å²) in [5.74, 6) is 0.952. The van der Waals surface area contributed by atoms with Gasteiger partial charge in [-0.2, -0.15) is 0 Å². The predicted octanol–water partition coefficient (Wildman–Crippen LogP) is 5.13. The van der Waals surface area contributed by atoms with E-state index in [0.717, 1.165) is 22.6 Å². The molecule has 1 aromatic heterocycles. The first-order chi connectivity index (χ1) is 18.4. The minimum atomic E-state index is -0.386. The van der Waals surface area contributed by atoms with E-state index in [1.807, 2.05) is 66.2 Å². The Morgan fingerprint density at radius 3 is 2.37 bits per heavy atom. The van der Waals surface area contributed by atoms with Gasteiger partial charge in [0.1, 0.15) is 18.0 Å². The van der Waals surface area contributed by atoms with E-state index >= 15 is 0 Å². The second kappa shape index (κ2) is 11.9. The molecule has 0 spiro atoms. The molecule has 0 saturated heterocycles. The third-order valence-corrected chi connectivity index (χ3v) is 5.94. The standard InChI is InChI=1S/C30H30N4O4/c1-5-17-33(29(36)23-7-6-8-26(18-23)38-4)20-28(35)32-30-31-27(22-11-15-25(37-3)16-12-22)19-34(30)24-13-9-21(2)10-14-24/h5-16,18-19H,1,17,20H2,2-4H3,(H,31,32,35). The highest BCUT2D eigenvalue weighted by molar-refractivity contribution is 5.99. The van der Waals surface area contributed by atoms with Crippen molar-refractivity contribution in [1.82, 2.24) is 14.5 Å². The van der Waals surface area contributed by atoms with Crippen molar-refractivity contribution in [2.75, 3.05) is 32.6 Å². The van der Waals surface area contributed by atoms with Crippen LogP contribution in [0.15, 0.2) is 91.6 Å². The molecule has 38 heavy (non-hydrogen) atoms. The van der Waals surface area contributed by atoms with Crippen LogP contribution in [0.5, 0.6) is 11.5 Å². The number of carbonyl (C=O) groups is 2. The van der Waals surface area contributed by atoms with Gasteiger partial charge in [-0.3, -0.25) is 19.5 Å². The van der Waals surface area contributed by atoms with E-state index in [4.69, 9.17) is 14.5 Å². The van der Waals surface area contributed by atoms with Crippen LogP contribution in [0.2, 0.25) is 0 Å². The molecule has 0 aliphatic heterocycles. The highest BCUT2D eigenvalue weighted by Gasteiger charge is 2.20. The summed E-state index contributed by atoms with van der Waals surface area (Å²) in [4.78, 5) is 32.5. The Morgan fingerprint density at radius 1 is 1.00 bits per heavy atom. The smallest absolute Gasteiger partial charge is 0.254 e. The number of nitrogens with zero attached hydrogens (tertiary/aromatic N) is 3. The van der Waals surface area contributed by atoms with Gasteiger partial charge in [-0.25, -0.2) is 4.98 Å². The number of hydrogen-bond donors (Lipinski definition) is 1. The molecule has 1 heterocycles. The molecule has 4 aromatic rings. The van der Waals surface area contributed by atoms with Crippen molar-refractivity contribution >= 4 is 17.8 Å². The fraction of sp³-hybridized carbons (Fsp3) is 0.167. The zero-order valence-corrected chi connectivity index (χ0v) is 21.7. The number of carbonyl (C=O) groups excluding carboxylic acids is 2. The van der Waals surface area contributed by atoms with Gasteiger partial charge in [0.2, 0.25) is 11.9 Å². The van der Waals surface area contributed by atoms with Gasteiger partial charge >= 0.3 is 0 Å². The lowest BCUT2D eigenvalue weighted by atomic mass is 10.1. The molecule has 0 bridgehead atoms. The fourth-order valence-corrected chi connectivity index (χ4v) is 3.92. The molecule has 1 N–H and O–H groups in total. The number of aromatic nitrogens is 2. The molecule has 4 rings (SSSR count). The number of benzene rings is 3. The van der Waals surface area contributed by atoms with Crippen LogP contribution < -0.4 is 14.8 Å². The van der Waals surface area contributed by atoms with E-state index in [9.17, 15) is 9.59 Å². The van der Waals surface area contributed by atoms with Crippen molar-refractivity contribution in [1.29, 1.82) is 0 Å². The molecular formula is C30H30N4O4. The lowest BCUT2D eigenvalue weighted by Gasteiger charge is -2.21. The SMILES string of the molecule is C=CCN(CC(=O)Nc1nc(-c2ccc(OC)cc2)cn1-c1ccc(C)cc1)C(=O)c1cccc(OC)c1. The van der Waals surface area contributed by atoms with Crippen LogP contribution in [0.3, 0.4) is 0 Å². The summed E-state index contributed by atoms with van der Waals surface area (Å²) in [5.41, 5.74) is 3.93. The number of amides is 2. The first kappa shape index (κ1) is 26.2. The minimum Gasteiger partial charge on any atom is -0.497 e. The molecule has 0 saturated carbocycles. The van der Waals surface area contributed by atoms with Gasteiger partial charge in [-0.05, 0) is 61.5 Å². The van der Waals surface area contributed by atoms with Gasteiger partial charge < -0.3 is 14.4 Å². The lowest BCUT2D eigenvalue weighted by molar-refractivity contribution is -0.116. The maximum absolute atomic E-state index is 13.2. The van der Waals surface area contributed by atoms with Gasteiger partial charge in [-0.1, -0.05) is 29.8 Å². The number of aryl methyl sites for hydroxylation is 1. The van der Waals surface area contributed by atoms with Gasteiger partial charge in [0.15, 0.2) is 0 Å². The normalized spacial score (nSPS) is 10.5. The second-order valence-corrected chi connectivity index (χ2v) is 8.64. The molecule has 194 valence electrons. The molecule has 0 aliphatic rings. The topological polar surface area (TPSA) is 85.7 Å². The Kier molecular flexibility index (Phi) is 8.23. The zero-order chi connectivity index (χ0) is 27.1. The van der Waals surface area contributed by atoms with E-state index in [0.29, 0.717) is 23.0 Å². The Morgan fingerprint density at radius 2 is 1.71 bits per heavy atom. The van der Waals surface area contributed by atoms with Crippen LogP contribution in [0.4, 0.5) is 5.95 Å². The van der Waals surface area contributed by atoms with Crippen LogP contribution in [-0.4, -0.2) is 53.6 Å². The molecule has 2 amide bonds. The summed E-state index contributed by atoms with van der Waals surface area (Å²) in [6.07, 6.45) is 3.45. The number of methoxy groups -OCH3 is 2. The summed E-state index contributed by atoms with van der Waals surface area (Å²) < 4.78 is 12.3. The Labute approximate surface area is 222 Å². The first-order valence-electron chi connectivity index (χ1n) is 12.1. The summed E-state index contributed by atoms with van der Waals surface area (Å²) in [7, 11) is 3.15. The molecule has 8 heteroatoms. The Bertz CT molecular complexity index is 1430. The number of hydrogen-bond acceptors (Lipinski definition) is 5. The quantitative estimate of drug-likeness (QED) is 0.299. The monoisotopic (exact) mass is 510 g/mol. The minimum absolute atomic E-state index is 0.180. The predicted molar refractivity (Wildman–Crippen MR) is 148 cm³/mol. The number of imidazole rings is 1. The van der Waals surface area contributed by atoms with Crippen LogP contribution in [0, 0.1) is 6.92 Å². The Hall–Kier alpha value is -4.85. The molecule has 3 aromatic carbocycles. The molecule has 0 fully saturated rings. The van der Waals surface area contributed by atoms with Crippen LogP contribution in [-0.2, 0) is 4.79 Å². The van der Waals surface area contributed by atoms with E-state index in [-0.39, 0.29) is 24.9 Å². The highest BCUT2D eigenvalue weighted by Crippen LogP contribution is 2.26. The van der Waals surface area contributed by atoms with Crippen molar-refractivity contribution in [2.45, 2.75) is 6.92 Å². The highest BCUT2D eigenvalue weighted by atomic mass is 16.5. The number of ether oxygens (including phenoxy) is 2. The van der Waals surface area contributed by atoms with Crippen molar-refractivity contribution in [3.8, 4) is 28.4 Å². The number of anilines is 1. The van der Waals surface area contributed by atoms with Crippen molar-refractivity contribution in [3.05, 3.63) is 103 Å². The molecule has 0 aliphatic carbocycles. The second-order valence-electron chi connectivity index (χ2n) is 8.64. The van der Waals surface area contributed by atoms with Crippen LogP contribution >= 0.6 is 0 Å². The summed E-state index contributed by atoms with van der Waals surface area (Å²) in [5, 5.41) is 2.89. The van der Waals surface area contributed by atoms with E-state index < -0.39 is 0 Å². The maximum atomic E-state index is 13.2. The van der Waals surface area contributed by atoms with Gasteiger partial charge in [0.25, 0.3) is 5.91 Å². The average Bonchev–Trinajstić information content (AvgIpc) is 3.36. The fourth-order valence-electron chi connectivity index (χ4n) is 3.92. The van der Waals surface area contributed by atoms with E-state index in [1.54, 1.807) is 37.5 Å². The van der Waals surface area contributed by atoms with Gasteiger partial charge in [0, 0.05) is 29.6 Å². The van der Waals surface area contributed by atoms with Crippen molar-refractivity contribution in [2.24, 2.45) is 0 Å². The summed E-state index contributed by atoms with van der Waals surface area (Å²) in [6, 6.07) is 22.2. The van der Waals surface area contributed by atoms with Gasteiger partial charge in [0.05, 0.1) is 19.9 Å². The summed E-state index contributed by atoms with van der Waals surface area (Å²) >= 11 is 0. The third kappa shape index (κ3) is 6.10. The lowest BCUT2D eigenvalue weighted by Crippen LogP contribution is -2.38. The average molecular weight is 511 g/mol. The van der Waals surface area contributed by atoms with Crippen LogP contribution in [0.1, 0.15) is 15.9 Å².